The summed E-state index contributed by atoms with van der Waals surface area (Å²) in [5, 5.41) is 0. The molecule has 16 heavy (non-hydrogen) atoms. The number of carbonyl (C=O) groups is 1. The molecule has 0 saturated heterocycles. The zero-order chi connectivity index (χ0) is 11.5. The van der Waals surface area contributed by atoms with Crippen LogP contribution in [-0.2, 0) is 5.41 Å². The van der Waals surface area contributed by atoms with Gasteiger partial charge >= 0.3 is 0 Å². The lowest BCUT2D eigenvalue weighted by Gasteiger charge is -2.25. The number of ketones is 1. The fourth-order valence-electron chi connectivity index (χ4n) is 3.08. The summed E-state index contributed by atoms with van der Waals surface area (Å²) < 4.78 is 14.7. The lowest BCUT2D eigenvalue weighted by atomic mass is 9.78. The van der Waals surface area contributed by atoms with E-state index in [-0.39, 0.29) is 17.1 Å². The summed E-state index contributed by atoms with van der Waals surface area (Å²) in [7, 11) is 0. The molecule has 3 unspecified atom stereocenters. The number of hydrogen-bond donors (Lipinski definition) is 0. The van der Waals surface area contributed by atoms with Crippen LogP contribution in [-0.4, -0.2) is 12.0 Å². The zero-order valence-electron chi connectivity index (χ0n) is 8.97. The summed E-state index contributed by atoms with van der Waals surface area (Å²) >= 11 is 3.36. The summed E-state index contributed by atoms with van der Waals surface area (Å²) in [6.07, 6.45) is 0.373. The zero-order valence-corrected chi connectivity index (χ0v) is 10.6. The molecular weight excluding hydrogens is 271 g/mol. The number of halogens is 2. The molecule has 0 N–H and O–H groups in total. The van der Waals surface area contributed by atoms with Gasteiger partial charge < -0.3 is 0 Å². The van der Waals surface area contributed by atoms with Crippen LogP contribution in [0.1, 0.15) is 35.7 Å². The Bertz CT molecular complexity index is 475. The van der Waals surface area contributed by atoms with Gasteiger partial charge in [0.15, 0.2) is 5.78 Å². The third-order valence-electron chi connectivity index (χ3n) is 4.18. The van der Waals surface area contributed by atoms with Crippen LogP contribution in [0.15, 0.2) is 22.7 Å². The van der Waals surface area contributed by atoms with Gasteiger partial charge in [-0.25, -0.2) is 4.39 Å². The smallest absolute Gasteiger partial charge is 0.163 e. The van der Waals surface area contributed by atoms with Crippen molar-refractivity contribution in [3.8, 4) is 0 Å². The first-order valence-corrected chi connectivity index (χ1v) is 6.34. The molecule has 0 aromatic heterocycles. The quantitative estimate of drug-likeness (QED) is 0.710. The molecule has 2 aliphatic rings. The highest BCUT2D eigenvalue weighted by Crippen LogP contribution is 2.61. The molecule has 3 atom stereocenters. The molecular formula is C13H12BrFO. The van der Waals surface area contributed by atoms with Crippen molar-refractivity contribution in [3.05, 3.63) is 33.8 Å². The largest absolute Gasteiger partial charge is 0.294 e. The van der Waals surface area contributed by atoms with Crippen molar-refractivity contribution in [1.29, 1.82) is 0 Å². The van der Waals surface area contributed by atoms with Crippen LogP contribution in [0.5, 0.6) is 0 Å². The molecule has 0 aliphatic heterocycles. The van der Waals surface area contributed by atoms with Gasteiger partial charge in [-0.3, -0.25) is 4.79 Å². The lowest BCUT2D eigenvalue weighted by Crippen LogP contribution is -2.24. The molecule has 1 saturated carbocycles. The van der Waals surface area contributed by atoms with Crippen LogP contribution in [0.25, 0.3) is 0 Å². The number of benzene rings is 1. The van der Waals surface area contributed by atoms with Gasteiger partial charge in [-0.05, 0) is 24.1 Å². The van der Waals surface area contributed by atoms with Gasteiger partial charge in [0.25, 0.3) is 0 Å². The Balaban J connectivity index is 2.19. The first-order chi connectivity index (χ1) is 7.57. The number of hydrogen-bond acceptors (Lipinski definition) is 1. The van der Waals surface area contributed by atoms with Gasteiger partial charge in [-0.2, -0.15) is 0 Å². The van der Waals surface area contributed by atoms with Crippen LogP contribution in [0.4, 0.5) is 4.39 Å². The van der Waals surface area contributed by atoms with Gasteiger partial charge in [0, 0.05) is 27.8 Å². The summed E-state index contributed by atoms with van der Waals surface area (Å²) in [5.41, 5.74) is 1.28. The number of fused-ring (bicyclic) bond motifs is 2. The van der Waals surface area contributed by atoms with E-state index in [0.29, 0.717) is 18.4 Å². The molecule has 1 fully saturated rings. The van der Waals surface area contributed by atoms with Crippen molar-refractivity contribution in [1.82, 2.24) is 0 Å². The second-order valence-electron chi connectivity index (χ2n) is 4.84. The number of Topliss-reactive ketones (excluding diaryl/α,β-unsaturated/α-hetero) is 1. The predicted molar refractivity (Wildman–Crippen MR) is 63.4 cm³/mol. The van der Waals surface area contributed by atoms with E-state index in [0.717, 1.165) is 10.0 Å². The van der Waals surface area contributed by atoms with E-state index in [9.17, 15) is 9.18 Å². The third-order valence-corrected chi connectivity index (χ3v) is 4.68. The Morgan fingerprint density at radius 3 is 2.81 bits per heavy atom. The van der Waals surface area contributed by atoms with Crippen LogP contribution in [0.3, 0.4) is 0 Å². The normalized spacial score (nSPS) is 36.3. The highest BCUT2D eigenvalue weighted by atomic mass is 79.9. The molecule has 0 radical (unpaired) electrons. The maximum atomic E-state index is 13.8. The molecule has 0 heterocycles. The Labute approximate surface area is 102 Å². The summed E-state index contributed by atoms with van der Waals surface area (Å²) in [6, 6.07) is 5.64. The minimum Gasteiger partial charge on any atom is -0.294 e. The van der Waals surface area contributed by atoms with Crippen LogP contribution in [0.2, 0.25) is 0 Å². The first-order valence-electron chi connectivity index (χ1n) is 5.54. The monoisotopic (exact) mass is 282 g/mol. The maximum absolute atomic E-state index is 13.8. The topological polar surface area (TPSA) is 17.1 Å². The van der Waals surface area contributed by atoms with Crippen molar-refractivity contribution >= 4 is 21.7 Å². The molecule has 1 spiro atoms. The number of carbonyl (C=O) groups excluding carboxylic acids is 1. The van der Waals surface area contributed by atoms with Crippen molar-refractivity contribution in [2.24, 2.45) is 5.92 Å². The lowest BCUT2D eigenvalue weighted by molar-refractivity contribution is 0.0961. The molecule has 2 aliphatic carbocycles. The van der Waals surface area contributed by atoms with Crippen LogP contribution < -0.4 is 0 Å². The Morgan fingerprint density at radius 1 is 1.50 bits per heavy atom. The van der Waals surface area contributed by atoms with E-state index < -0.39 is 6.17 Å². The molecule has 1 nitrogen and oxygen atoms in total. The summed E-state index contributed by atoms with van der Waals surface area (Å²) in [4.78, 5) is 11.8. The average Bonchev–Trinajstić information content (AvgIpc) is 2.78. The second-order valence-corrected chi connectivity index (χ2v) is 5.76. The van der Waals surface area contributed by atoms with Gasteiger partial charge in [0.1, 0.15) is 6.17 Å². The maximum Gasteiger partial charge on any atom is 0.163 e. The Kier molecular flexibility index (Phi) is 2.06. The van der Waals surface area contributed by atoms with Gasteiger partial charge in [0.2, 0.25) is 0 Å². The van der Waals surface area contributed by atoms with E-state index in [1.54, 1.807) is 0 Å². The minimum absolute atomic E-state index is 0.0560. The van der Waals surface area contributed by atoms with Crippen molar-refractivity contribution in [3.63, 3.8) is 0 Å². The highest BCUT2D eigenvalue weighted by molar-refractivity contribution is 9.10. The Morgan fingerprint density at radius 2 is 2.19 bits per heavy atom. The summed E-state index contributed by atoms with van der Waals surface area (Å²) in [6.45, 7) is 1.94. The van der Waals surface area contributed by atoms with Gasteiger partial charge in [-0.15, -0.1) is 0 Å². The first kappa shape index (κ1) is 10.5. The van der Waals surface area contributed by atoms with Crippen LogP contribution in [0, 0.1) is 5.92 Å². The predicted octanol–water partition coefficient (Wildman–Crippen LogP) is 3.65. The molecule has 1 aromatic carbocycles. The number of rotatable bonds is 0. The van der Waals surface area contributed by atoms with E-state index in [1.807, 2.05) is 25.1 Å². The molecule has 0 bridgehead atoms. The molecule has 84 valence electrons. The fraction of sp³-hybridized carbons (Fsp3) is 0.462. The molecule has 0 amide bonds. The Hall–Kier alpha value is -0.700. The average molecular weight is 283 g/mol. The van der Waals surface area contributed by atoms with Crippen LogP contribution >= 0.6 is 15.9 Å². The SMILES string of the molecule is CC1C(F)C12CCC(=O)c1cc(Br)ccc12. The minimum atomic E-state index is -0.777. The standard InChI is InChI=1S/C13H12BrFO/c1-7-12(15)13(7)5-4-11(16)9-6-8(14)2-3-10(9)13/h2-3,6-7,12H,4-5H2,1H3. The van der Waals surface area contributed by atoms with E-state index in [1.165, 1.54) is 0 Å². The van der Waals surface area contributed by atoms with Crippen molar-refractivity contribution in [2.45, 2.75) is 31.4 Å². The number of alkyl halides is 1. The van der Waals surface area contributed by atoms with Gasteiger partial charge in [-0.1, -0.05) is 28.9 Å². The third kappa shape index (κ3) is 1.12. The van der Waals surface area contributed by atoms with E-state index >= 15 is 0 Å². The van der Waals surface area contributed by atoms with Gasteiger partial charge in [0.05, 0.1) is 0 Å². The fourth-order valence-corrected chi connectivity index (χ4v) is 3.44. The second kappa shape index (κ2) is 3.16. The molecule has 1 aromatic rings. The highest BCUT2D eigenvalue weighted by Gasteiger charge is 2.65. The van der Waals surface area contributed by atoms with E-state index in [4.69, 9.17) is 0 Å². The molecule has 3 rings (SSSR count). The van der Waals surface area contributed by atoms with Crippen molar-refractivity contribution < 1.29 is 9.18 Å². The van der Waals surface area contributed by atoms with E-state index in [2.05, 4.69) is 15.9 Å². The van der Waals surface area contributed by atoms with Crippen molar-refractivity contribution in [2.75, 3.05) is 0 Å². The summed E-state index contributed by atoms with van der Waals surface area (Å²) in [5.74, 6) is 0.203. The molecule has 3 heteroatoms.